The van der Waals surface area contributed by atoms with Gasteiger partial charge in [0.05, 0.1) is 6.20 Å². The number of aliphatic carboxylic acids is 1. The van der Waals surface area contributed by atoms with E-state index in [2.05, 4.69) is 48.7 Å². The van der Waals surface area contributed by atoms with E-state index in [-0.39, 0.29) is 18.1 Å². The van der Waals surface area contributed by atoms with Gasteiger partial charge in [-0.1, -0.05) is 23.7 Å². The molecular weight excluding hydrogens is 593 g/mol. The average molecular weight is 621 g/mol. The number of alkyl halides is 3. The minimum atomic E-state index is -5.08. The second-order valence-corrected chi connectivity index (χ2v) is 10.0. The van der Waals surface area contributed by atoms with Gasteiger partial charge in [0.1, 0.15) is 5.02 Å². The Morgan fingerprint density at radius 2 is 1.84 bits per heavy atom. The first-order valence-electron chi connectivity index (χ1n) is 13.0. The highest BCUT2D eigenvalue weighted by Crippen LogP contribution is 2.29. The molecule has 4 amide bonds. The molecule has 6 N–H and O–H groups in total. The van der Waals surface area contributed by atoms with Crippen LogP contribution in [0.5, 0.6) is 0 Å². The number of halogens is 4. The van der Waals surface area contributed by atoms with Crippen molar-refractivity contribution < 1.29 is 32.7 Å². The summed E-state index contributed by atoms with van der Waals surface area (Å²) < 4.78 is 31.7. The molecule has 228 valence electrons. The molecular formula is C27H28ClF3N8O4. The van der Waals surface area contributed by atoms with Gasteiger partial charge in [-0.2, -0.15) is 18.2 Å². The van der Waals surface area contributed by atoms with E-state index in [4.69, 9.17) is 21.5 Å². The first-order valence-corrected chi connectivity index (χ1v) is 13.4. The molecule has 0 radical (unpaired) electrons. The number of rotatable bonds is 2. The van der Waals surface area contributed by atoms with E-state index in [0.29, 0.717) is 42.7 Å². The summed E-state index contributed by atoms with van der Waals surface area (Å²) in [4.78, 5) is 44.0. The zero-order valence-electron chi connectivity index (χ0n) is 22.8. The van der Waals surface area contributed by atoms with Crippen LogP contribution in [0.15, 0.2) is 48.7 Å². The molecule has 2 aromatic carbocycles. The number of aryl methyl sites for hydroxylation is 2. The number of aromatic nitrogens is 2. The van der Waals surface area contributed by atoms with Crippen LogP contribution >= 0.6 is 11.6 Å². The summed E-state index contributed by atoms with van der Waals surface area (Å²) in [6.45, 7) is 1.09. The van der Waals surface area contributed by atoms with Crippen LogP contribution < -0.4 is 26.6 Å². The monoisotopic (exact) mass is 620 g/mol. The van der Waals surface area contributed by atoms with Crippen LogP contribution in [0.2, 0.25) is 5.02 Å². The largest absolute Gasteiger partial charge is 0.490 e. The van der Waals surface area contributed by atoms with E-state index in [1.165, 1.54) is 0 Å². The number of hydrogen-bond acceptors (Lipinski definition) is 7. The Hall–Kier alpha value is -4.79. The van der Waals surface area contributed by atoms with Crippen molar-refractivity contribution in [3.8, 4) is 0 Å². The summed E-state index contributed by atoms with van der Waals surface area (Å²) in [5.74, 6) is -1.83. The standard InChI is InChI=1S/C25H27ClN8O2.C2HF3O2/c1-27-25(36)34-10-9-19(14-34)31-24(35)32-21-8-7-18-12-16(21)6-5-15-3-2-4-17(11-15)30-23-28-13-20(26)22(29-18)33-23;3-2(4,5)1(6)7/h2-4,7-8,11-13,19H,5-6,9-10,14H2,1H3,(H,27,36)(H2,31,32,35)(H2,28,29,30,33);(H,6,7)/t19-;/m0./s1. The highest BCUT2D eigenvalue weighted by Gasteiger charge is 2.38. The number of hydrogen-bond donors (Lipinski definition) is 6. The van der Waals surface area contributed by atoms with Crippen LogP contribution in [0.3, 0.4) is 0 Å². The zero-order chi connectivity index (χ0) is 31.1. The summed E-state index contributed by atoms with van der Waals surface area (Å²) in [6.07, 6.45) is -1.33. The van der Waals surface area contributed by atoms with Crippen molar-refractivity contribution in [2.24, 2.45) is 0 Å². The van der Waals surface area contributed by atoms with E-state index in [1.54, 1.807) is 18.1 Å². The first-order chi connectivity index (χ1) is 20.4. The third-order valence-corrected chi connectivity index (χ3v) is 6.77. The molecule has 16 heteroatoms. The van der Waals surface area contributed by atoms with E-state index in [9.17, 15) is 22.8 Å². The summed E-state index contributed by atoms with van der Waals surface area (Å²) in [5, 5.41) is 22.6. The Balaban J connectivity index is 0.000000541. The Morgan fingerprint density at radius 3 is 2.56 bits per heavy atom. The summed E-state index contributed by atoms with van der Waals surface area (Å²) in [7, 11) is 1.60. The van der Waals surface area contributed by atoms with Gasteiger partial charge in [0.2, 0.25) is 5.95 Å². The van der Waals surface area contributed by atoms with Gasteiger partial charge in [-0.05, 0) is 60.7 Å². The maximum absolute atomic E-state index is 12.8. The molecule has 5 rings (SSSR count). The van der Waals surface area contributed by atoms with Gasteiger partial charge < -0.3 is 36.6 Å². The number of amides is 4. The van der Waals surface area contributed by atoms with E-state index >= 15 is 0 Å². The van der Waals surface area contributed by atoms with Crippen LogP contribution in [-0.2, 0) is 17.6 Å². The van der Waals surface area contributed by atoms with Crippen molar-refractivity contribution in [2.45, 2.75) is 31.5 Å². The lowest BCUT2D eigenvalue weighted by atomic mass is 10.0. The van der Waals surface area contributed by atoms with Gasteiger partial charge in [-0.25, -0.2) is 19.4 Å². The maximum atomic E-state index is 12.8. The quantitative estimate of drug-likeness (QED) is 0.236. The fourth-order valence-corrected chi connectivity index (χ4v) is 4.57. The minimum absolute atomic E-state index is 0.0994. The van der Waals surface area contributed by atoms with Crippen LogP contribution in [0.1, 0.15) is 17.5 Å². The highest BCUT2D eigenvalue weighted by molar-refractivity contribution is 6.32. The van der Waals surface area contributed by atoms with Gasteiger partial charge in [0.25, 0.3) is 0 Å². The molecule has 0 unspecified atom stereocenters. The van der Waals surface area contributed by atoms with Crippen LogP contribution in [0.25, 0.3) is 0 Å². The number of anilines is 5. The number of benzene rings is 2. The van der Waals surface area contributed by atoms with Crippen molar-refractivity contribution in [1.29, 1.82) is 0 Å². The molecule has 3 aromatic rings. The molecule has 1 aromatic heterocycles. The fraction of sp³-hybridized carbons (Fsp3) is 0.296. The molecule has 12 nitrogen and oxygen atoms in total. The molecule has 43 heavy (non-hydrogen) atoms. The van der Waals surface area contributed by atoms with Crippen LogP contribution in [0, 0.1) is 0 Å². The molecule has 2 aliphatic rings. The second kappa shape index (κ2) is 13.5. The van der Waals surface area contributed by atoms with Crippen molar-refractivity contribution in [3.05, 3.63) is 64.8 Å². The third kappa shape index (κ3) is 8.61. The van der Waals surface area contributed by atoms with Gasteiger partial charge in [-0.15, -0.1) is 0 Å². The number of nitrogens with zero attached hydrogens (tertiary/aromatic N) is 3. The number of fused-ring (bicyclic) bond motifs is 6. The normalized spacial score (nSPS) is 15.6. The van der Waals surface area contributed by atoms with Crippen LogP contribution in [-0.4, -0.2) is 70.4 Å². The molecule has 1 atom stereocenters. The van der Waals surface area contributed by atoms with Crippen molar-refractivity contribution in [3.63, 3.8) is 0 Å². The average Bonchev–Trinajstić information content (AvgIpc) is 3.42. The number of likely N-dealkylation sites (tertiary alicyclic amines) is 1. The molecule has 6 bridgehead atoms. The maximum Gasteiger partial charge on any atom is 0.490 e. The molecule has 0 spiro atoms. The molecule has 1 saturated heterocycles. The third-order valence-electron chi connectivity index (χ3n) is 6.49. The number of nitrogens with one attached hydrogen (secondary N) is 5. The Kier molecular flexibility index (Phi) is 9.75. The summed E-state index contributed by atoms with van der Waals surface area (Å²) in [6, 6.07) is 13.3. The van der Waals surface area contributed by atoms with E-state index < -0.39 is 12.1 Å². The van der Waals surface area contributed by atoms with Crippen molar-refractivity contribution in [1.82, 2.24) is 25.5 Å². The summed E-state index contributed by atoms with van der Waals surface area (Å²) >= 11 is 6.34. The van der Waals surface area contributed by atoms with Gasteiger partial charge >= 0.3 is 24.2 Å². The number of carbonyl (C=O) groups is 3. The topological polar surface area (TPSA) is 161 Å². The molecule has 3 heterocycles. The number of carboxylic acids is 1. The molecule has 2 aliphatic heterocycles. The van der Waals surface area contributed by atoms with Crippen LogP contribution in [0.4, 0.5) is 51.6 Å². The lowest BCUT2D eigenvalue weighted by Gasteiger charge is -2.18. The number of urea groups is 2. The SMILES string of the molecule is CNC(=O)N1CC[C@H](NC(=O)Nc2ccc3cc2CCc2cccc(c2)Nc2ncc(Cl)c(n2)N3)C1.O=C(O)C(F)(F)F. The van der Waals surface area contributed by atoms with Gasteiger partial charge in [-0.3, -0.25) is 0 Å². The predicted octanol–water partition coefficient (Wildman–Crippen LogP) is 4.88. The van der Waals surface area contributed by atoms with E-state index in [0.717, 1.165) is 34.6 Å². The molecule has 0 aliphatic carbocycles. The smallest absolute Gasteiger partial charge is 0.475 e. The number of carboxylic acid groups (broad SMARTS) is 1. The number of carbonyl (C=O) groups excluding carboxylic acids is 2. The fourth-order valence-electron chi connectivity index (χ4n) is 4.43. The zero-order valence-corrected chi connectivity index (χ0v) is 23.5. The highest BCUT2D eigenvalue weighted by atomic mass is 35.5. The van der Waals surface area contributed by atoms with Crippen molar-refractivity contribution in [2.75, 3.05) is 36.1 Å². The molecule has 0 saturated carbocycles. The lowest BCUT2D eigenvalue weighted by Crippen LogP contribution is -2.42. The Morgan fingerprint density at radius 1 is 1.09 bits per heavy atom. The first kappa shape index (κ1) is 31.2. The lowest BCUT2D eigenvalue weighted by molar-refractivity contribution is -0.192. The second-order valence-electron chi connectivity index (χ2n) is 9.60. The van der Waals surface area contributed by atoms with Gasteiger partial charge in [0.15, 0.2) is 5.82 Å². The minimum Gasteiger partial charge on any atom is -0.475 e. The Labute approximate surface area is 249 Å². The Bertz CT molecular complexity index is 1510. The molecule has 1 fully saturated rings. The summed E-state index contributed by atoms with van der Waals surface area (Å²) in [5.41, 5.74) is 4.51. The predicted molar refractivity (Wildman–Crippen MR) is 154 cm³/mol. The van der Waals surface area contributed by atoms with E-state index in [1.807, 2.05) is 30.3 Å². The van der Waals surface area contributed by atoms with Crippen molar-refractivity contribution >= 4 is 58.5 Å². The van der Waals surface area contributed by atoms with Gasteiger partial charge in [0, 0.05) is 43.2 Å².